The zero-order chi connectivity index (χ0) is 16.6. The molecule has 3 rings (SSSR count). The van der Waals surface area contributed by atoms with Crippen LogP contribution in [0.4, 0.5) is 0 Å². The van der Waals surface area contributed by atoms with Crippen LogP contribution in [0.2, 0.25) is 0 Å². The van der Waals surface area contributed by atoms with Crippen LogP contribution < -0.4 is 10.9 Å². The smallest absolute Gasteiger partial charge is 0.291 e. The summed E-state index contributed by atoms with van der Waals surface area (Å²) in [5.41, 5.74) is 1.31. The summed E-state index contributed by atoms with van der Waals surface area (Å²) in [4.78, 5) is 24.6. The van der Waals surface area contributed by atoms with E-state index in [0.29, 0.717) is 23.8 Å². The van der Waals surface area contributed by atoms with E-state index in [-0.39, 0.29) is 18.0 Å². The number of hydrogen-bond donors (Lipinski definition) is 1. The Balaban J connectivity index is 1.88. The van der Waals surface area contributed by atoms with Gasteiger partial charge in [-0.25, -0.2) is 4.68 Å². The Kier molecular flexibility index (Phi) is 4.21. The van der Waals surface area contributed by atoms with E-state index in [4.69, 9.17) is 0 Å². The molecular formula is C16H20N4O2S. The molecule has 3 aromatic rings. The molecule has 7 heteroatoms. The van der Waals surface area contributed by atoms with Crippen LogP contribution in [0.1, 0.15) is 26.1 Å². The SMILES string of the molecule is Cc1nn(CC(=O)NCCC(C)C)c(=O)c2cc3sccc3n12. The molecule has 0 saturated heterocycles. The minimum atomic E-state index is -0.238. The number of amides is 1. The van der Waals surface area contributed by atoms with Crippen molar-refractivity contribution in [3.05, 3.63) is 33.7 Å². The first-order valence-electron chi connectivity index (χ1n) is 7.70. The molecule has 6 nitrogen and oxygen atoms in total. The summed E-state index contributed by atoms with van der Waals surface area (Å²) in [7, 11) is 0. The molecule has 0 aromatic carbocycles. The Morgan fingerprint density at radius 1 is 1.39 bits per heavy atom. The van der Waals surface area contributed by atoms with Gasteiger partial charge in [-0.15, -0.1) is 11.3 Å². The number of fused-ring (bicyclic) bond motifs is 3. The first kappa shape index (κ1) is 15.7. The molecule has 0 radical (unpaired) electrons. The van der Waals surface area contributed by atoms with Gasteiger partial charge in [-0.05, 0) is 36.8 Å². The average molecular weight is 332 g/mol. The lowest BCUT2D eigenvalue weighted by atomic mass is 10.1. The Morgan fingerprint density at radius 3 is 2.91 bits per heavy atom. The van der Waals surface area contributed by atoms with Gasteiger partial charge in [0, 0.05) is 6.54 Å². The van der Waals surface area contributed by atoms with E-state index < -0.39 is 0 Å². The quantitative estimate of drug-likeness (QED) is 0.779. The van der Waals surface area contributed by atoms with Crippen molar-refractivity contribution >= 4 is 33.0 Å². The van der Waals surface area contributed by atoms with Crippen LogP contribution in [-0.2, 0) is 11.3 Å². The number of rotatable bonds is 5. The van der Waals surface area contributed by atoms with Gasteiger partial charge in [0.1, 0.15) is 17.9 Å². The predicted octanol–water partition coefficient (Wildman–Crippen LogP) is 2.18. The third kappa shape index (κ3) is 3.01. The lowest BCUT2D eigenvalue weighted by Crippen LogP contribution is -2.35. The predicted molar refractivity (Wildman–Crippen MR) is 92.0 cm³/mol. The lowest BCUT2D eigenvalue weighted by Gasteiger charge is -2.10. The standard InChI is InChI=1S/C16H20N4O2S/c1-10(2)4-6-17-15(21)9-19-16(22)13-8-14-12(5-7-23-14)20(13)11(3)18-19/h5,7-8,10H,4,6,9H2,1-3H3,(H,17,21). The summed E-state index contributed by atoms with van der Waals surface area (Å²) in [6.45, 7) is 6.62. The van der Waals surface area contributed by atoms with E-state index in [9.17, 15) is 9.59 Å². The molecule has 0 unspecified atom stereocenters. The van der Waals surface area contributed by atoms with Gasteiger partial charge in [-0.3, -0.25) is 14.0 Å². The molecule has 0 fully saturated rings. The number of aryl methyl sites for hydroxylation is 1. The highest BCUT2D eigenvalue weighted by molar-refractivity contribution is 7.17. The number of aromatic nitrogens is 3. The third-order valence-corrected chi connectivity index (χ3v) is 4.66. The number of nitrogens with one attached hydrogen (secondary N) is 1. The van der Waals surface area contributed by atoms with Gasteiger partial charge < -0.3 is 5.32 Å². The number of carbonyl (C=O) groups excluding carboxylic acids is 1. The molecule has 0 aliphatic rings. The molecule has 1 amide bonds. The van der Waals surface area contributed by atoms with Gasteiger partial charge in [0.15, 0.2) is 0 Å². The molecule has 0 spiro atoms. The number of thiophene rings is 1. The maximum Gasteiger partial charge on any atom is 0.291 e. The first-order valence-corrected chi connectivity index (χ1v) is 8.58. The van der Waals surface area contributed by atoms with Crippen LogP contribution in [0.25, 0.3) is 15.7 Å². The van der Waals surface area contributed by atoms with Crippen molar-refractivity contribution in [3.63, 3.8) is 0 Å². The number of hydrogen-bond acceptors (Lipinski definition) is 4. The van der Waals surface area contributed by atoms with Crippen LogP contribution >= 0.6 is 11.3 Å². The van der Waals surface area contributed by atoms with Gasteiger partial charge in [0.05, 0.1) is 10.2 Å². The largest absolute Gasteiger partial charge is 0.354 e. The van der Waals surface area contributed by atoms with Crippen molar-refractivity contribution in [2.75, 3.05) is 6.54 Å². The molecule has 0 atom stereocenters. The lowest BCUT2D eigenvalue weighted by molar-refractivity contribution is -0.121. The molecule has 0 aliphatic heterocycles. The summed E-state index contributed by atoms with van der Waals surface area (Å²) in [6.07, 6.45) is 0.918. The molecule has 3 aromatic heterocycles. The maximum atomic E-state index is 12.6. The number of carbonyl (C=O) groups is 1. The number of nitrogens with zero attached hydrogens (tertiary/aromatic N) is 3. The maximum absolute atomic E-state index is 12.6. The summed E-state index contributed by atoms with van der Waals surface area (Å²) in [5, 5.41) is 9.12. The Labute approximate surface area is 137 Å². The summed E-state index contributed by atoms with van der Waals surface area (Å²) >= 11 is 1.59. The van der Waals surface area contributed by atoms with Gasteiger partial charge in [0.25, 0.3) is 5.56 Å². The van der Waals surface area contributed by atoms with Crippen molar-refractivity contribution in [2.45, 2.75) is 33.7 Å². The fourth-order valence-electron chi connectivity index (χ4n) is 2.63. The van der Waals surface area contributed by atoms with E-state index in [0.717, 1.165) is 16.6 Å². The van der Waals surface area contributed by atoms with E-state index >= 15 is 0 Å². The van der Waals surface area contributed by atoms with Gasteiger partial charge in [-0.1, -0.05) is 13.8 Å². The molecule has 0 bridgehead atoms. The van der Waals surface area contributed by atoms with Gasteiger partial charge in [0.2, 0.25) is 5.91 Å². The van der Waals surface area contributed by atoms with E-state index in [1.54, 1.807) is 11.3 Å². The highest BCUT2D eigenvalue weighted by atomic mass is 32.1. The molecule has 1 N–H and O–H groups in total. The molecule has 0 saturated carbocycles. The van der Waals surface area contributed by atoms with Crippen molar-refractivity contribution in [1.82, 2.24) is 19.5 Å². The zero-order valence-electron chi connectivity index (χ0n) is 13.5. The third-order valence-electron chi connectivity index (χ3n) is 3.80. The molecule has 23 heavy (non-hydrogen) atoms. The van der Waals surface area contributed by atoms with Crippen molar-refractivity contribution in [2.24, 2.45) is 5.92 Å². The first-order chi connectivity index (χ1) is 11.0. The highest BCUT2D eigenvalue weighted by Crippen LogP contribution is 2.24. The second-order valence-electron chi connectivity index (χ2n) is 6.08. The monoisotopic (exact) mass is 332 g/mol. The zero-order valence-corrected chi connectivity index (χ0v) is 14.3. The second kappa shape index (κ2) is 6.16. The van der Waals surface area contributed by atoms with Crippen LogP contribution in [-0.4, -0.2) is 26.6 Å². The summed E-state index contributed by atoms with van der Waals surface area (Å²) < 4.78 is 4.14. The summed E-state index contributed by atoms with van der Waals surface area (Å²) in [6, 6.07) is 3.84. The second-order valence-corrected chi connectivity index (χ2v) is 7.03. The minimum Gasteiger partial charge on any atom is -0.354 e. The van der Waals surface area contributed by atoms with Crippen molar-refractivity contribution < 1.29 is 4.79 Å². The normalized spacial score (nSPS) is 11.7. The minimum absolute atomic E-state index is 0.0485. The Hall–Kier alpha value is -2.15. The highest BCUT2D eigenvalue weighted by Gasteiger charge is 2.14. The van der Waals surface area contributed by atoms with E-state index in [1.807, 2.05) is 28.8 Å². The van der Waals surface area contributed by atoms with E-state index in [1.165, 1.54) is 4.68 Å². The van der Waals surface area contributed by atoms with Gasteiger partial charge >= 0.3 is 0 Å². The van der Waals surface area contributed by atoms with Gasteiger partial charge in [-0.2, -0.15) is 5.10 Å². The molecule has 122 valence electrons. The Bertz CT molecular complexity index is 919. The van der Waals surface area contributed by atoms with Crippen LogP contribution in [0, 0.1) is 12.8 Å². The van der Waals surface area contributed by atoms with Crippen LogP contribution in [0.15, 0.2) is 22.3 Å². The molecule has 0 aliphatic carbocycles. The average Bonchev–Trinajstić information content (AvgIpc) is 3.04. The fraction of sp³-hybridized carbons (Fsp3) is 0.438. The van der Waals surface area contributed by atoms with E-state index in [2.05, 4.69) is 24.3 Å². The molecule has 3 heterocycles. The van der Waals surface area contributed by atoms with Crippen LogP contribution in [0.5, 0.6) is 0 Å². The Morgan fingerprint density at radius 2 is 2.17 bits per heavy atom. The van der Waals surface area contributed by atoms with Crippen molar-refractivity contribution in [1.29, 1.82) is 0 Å². The summed E-state index contributed by atoms with van der Waals surface area (Å²) in [5.74, 6) is 1.05. The van der Waals surface area contributed by atoms with Crippen molar-refractivity contribution in [3.8, 4) is 0 Å². The topological polar surface area (TPSA) is 68.4 Å². The van der Waals surface area contributed by atoms with Crippen LogP contribution in [0.3, 0.4) is 0 Å². The fourth-order valence-corrected chi connectivity index (χ4v) is 3.43. The molecular weight excluding hydrogens is 312 g/mol.